The summed E-state index contributed by atoms with van der Waals surface area (Å²) in [5.41, 5.74) is 0. The molecule has 1 atom stereocenters. The Morgan fingerprint density at radius 1 is 1.44 bits per heavy atom. The van der Waals surface area contributed by atoms with Crippen molar-refractivity contribution in [2.24, 2.45) is 5.92 Å². The first-order valence-corrected chi connectivity index (χ1v) is 6.32. The van der Waals surface area contributed by atoms with Crippen LogP contribution in [-0.4, -0.2) is 22.7 Å². The summed E-state index contributed by atoms with van der Waals surface area (Å²) in [7, 11) is 0. The van der Waals surface area contributed by atoms with E-state index in [-0.39, 0.29) is 0 Å². The van der Waals surface area contributed by atoms with Crippen LogP contribution in [-0.2, 0) is 6.42 Å². The molecular weight excluding hydrogens is 202 g/mol. The molecule has 1 aliphatic rings. The van der Waals surface area contributed by atoms with Gasteiger partial charge < -0.3 is 9.84 Å². The zero-order chi connectivity index (χ0) is 11.4. The Kier molecular flexibility index (Phi) is 3.93. The normalized spacial score (nSPS) is 19.1. The van der Waals surface area contributed by atoms with Crippen molar-refractivity contribution in [3.63, 3.8) is 0 Å². The highest BCUT2D eigenvalue weighted by Crippen LogP contribution is 2.29. The van der Waals surface area contributed by atoms with Gasteiger partial charge in [0.2, 0.25) is 5.89 Å². The van der Waals surface area contributed by atoms with Crippen LogP contribution in [0, 0.1) is 12.8 Å². The molecule has 1 fully saturated rings. The van der Waals surface area contributed by atoms with E-state index in [9.17, 15) is 0 Å². The lowest BCUT2D eigenvalue weighted by molar-refractivity contribution is 0.310. The minimum Gasteiger partial charge on any atom is -0.339 e. The fourth-order valence-corrected chi connectivity index (χ4v) is 2.64. The summed E-state index contributed by atoms with van der Waals surface area (Å²) in [5, 5.41) is 7.40. The van der Waals surface area contributed by atoms with Crippen molar-refractivity contribution in [2.75, 3.05) is 6.54 Å². The minimum absolute atomic E-state index is 0.507. The van der Waals surface area contributed by atoms with E-state index >= 15 is 0 Å². The van der Waals surface area contributed by atoms with E-state index in [0.29, 0.717) is 6.04 Å². The Bertz CT molecular complexity index is 318. The first kappa shape index (κ1) is 11.6. The van der Waals surface area contributed by atoms with Crippen LogP contribution < -0.4 is 5.32 Å². The minimum atomic E-state index is 0.507. The standard InChI is InChI=1S/C12H21N3O/c1-3-13-11(10-6-4-5-7-10)8-12-14-9(2)15-16-12/h10-11,13H,3-8H2,1-2H3. The molecule has 0 spiro atoms. The van der Waals surface area contributed by atoms with Crippen LogP contribution in [0.15, 0.2) is 4.52 Å². The summed E-state index contributed by atoms with van der Waals surface area (Å²) >= 11 is 0. The molecule has 0 amide bonds. The molecule has 2 rings (SSSR count). The van der Waals surface area contributed by atoms with E-state index in [0.717, 1.165) is 30.6 Å². The first-order chi connectivity index (χ1) is 7.79. The molecule has 16 heavy (non-hydrogen) atoms. The number of hydrogen-bond acceptors (Lipinski definition) is 4. The van der Waals surface area contributed by atoms with E-state index in [1.165, 1.54) is 25.7 Å². The lowest BCUT2D eigenvalue weighted by atomic mass is 9.95. The van der Waals surface area contributed by atoms with E-state index < -0.39 is 0 Å². The molecule has 1 aromatic rings. The van der Waals surface area contributed by atoms with Crippen LogP contribution >= 0.6 is 0 Å². The quantitative estimate of drug-likeness (QED) is 0.830. The van der Waals surface area contributed by atoms with Crippen LogP contribution in [0.4, 0.5) is 0 Å². The molecule has 0 aliphatic heterocycles. The van der Waals surface area contributed by atoms with Gasteiger partial charge in [-0.1, -0.05) is 24.9 Å². The van der Waals surface area contributed by atoms with Gasteiger partial charge >= 0.3 is 0 Å². The molecule has 0 radical (unpaired) electrons. The topological polar surface area (TPSA) is 51.0 Å². The third-order valence-electron chi connectivity index (χ3n) is 3.40. The van der Waals surface area contributed by atoms with Gasteiger partial charge in [0.05, 0.1) is 0 Å². The molecule has 1 heterocycles. The van der Waals surface area contributed by atoms with Crippen molar-refractivity contribution in [2.45, 2.75) is 52.0 Å². The molecule has 1 saturated carbocycles. The van der Waals surface area contributed by atoms with E-state index in [2.05, 4.69) is 22.4 Å². The summed E-state index contributed by atoms with van der Waals surface area (Å²) in [6.07, 6.45) is 6.29. The van der Waals surface area contributed by atoms with Crippen molar-refractivity contribution in [3.05, 3.63) is 11.7 Å². The van der Waals surface area contributed by atoms with Gasteiger partial charge in [0, 0.05) is 12.5 Å². The molecule has 1 aromatic heterocycles. The molecule has 0 aromatic carbocycles. The predicted octanol–water partition coefficient (Wildman–Crippen LogP) is 2.09. The van der Waals surface area contributed by atoms with Crippen molar-refractivity contribution in [1.29, 1.82) is 0 Å². The SMILES string of the molecule is CCNC(Cc1nc(C)no1)C1CCCC1. The van der Waals surface area contributed by atoms with Gasteiger partial charge in [-0.15, -0.1) is 0 Å². The Morgan fingerprint density at radius 3 is 2.75 bits per heavy atom. The van der Waals surface area contributed by atoms with Crippen LogP contribution in [0.3, 0.4) is 0 Å². The van der Waals surface area contributed by atoms with Crippen LogP contribution in [0.5, 0.6) is 0 Å². The third kappa shape index (κ3) is 2.82. The number of aromatic nitrogens is 2. The van der Waals surface area contributed by atoms with Gasteiger partial charge in [0.1, 0.15) is 0 Å². The van der Waals surface area contributed by atoms with Gasteiger partial charge in [0.15, 0.2) is 5.82 Å². The van der Waals surface area contributed by atoms with Gasteiger partial charge in [0.25, 0.3) is 0 Å². The zero-order valence-electron chi connectivity index (χ0n) is 10.2. The largest absolute Gasteiger partial charge is 0.339 e. The van der Waals surface area contributed by atoms with Crippen molar-refractivity contribution < 1.29 is 4.52 Å². The molecule has 90 valence electrons. The zero-order valence-corrected chi connectivity index (χ0v) is 10.2. The van der Waals surface area contributed by atoms with Crippen molar-refractivity contribution in [3.8, 4) is 0 Å². The molecule has 4 heteroatoms. The number of hydrogen-bond donors (Lipinski definition) is 1. The Morgan fingerprint density at radius 2 is 2.19 bits per heavy atom. The Labute approximate surface area is 96.8 Å². The summed E-state index contributed by atoms with van der Waals surface area (Å²) in [4.78, 5) is 4.29. The highest BCUT2D eigenvalue weighted by Gasteiger charge is 2.25. The first-order valence-electron chi connectivity index (χ1n) is 6.32. The molecule has 1 aliphatic carbocycles. The number of rotatable bonds is 5. The van der Waals surface area contributed by atoms with Crippen LogP contribution in [0.25, 0.3) is 0 Å². The van der Waals surface area contributed by atoms with Gasteiger partial charge in [-0.05, 0) is 32.2 Å². The summed E-state index contributed by atoms with van der Waals surface area (Å²) in [5.74, 6) is 2.29. The van der Waals surface area contributed by atoms with E-state index in [1.807, 2.05) is 6.92 Å². The second kappa shape index (κ2) is 5.43. The molecule has 0 bridgehead atoms. The summed E-state index contributed by atoms with van der Waals surface area (Å²) < 4.78 is 5.20. The fraction of sp³-hybridized carbons (Fsp3) is 0.833. The average molecular weight is 223 g/mol. The molecule has 1 N–H and O–H groups in total. The Balaban J connectivity index is 1.96. The molecule has 4 nitrogen and oxygen atoms in total. The van der Waals surface area contributed by atoms with Gasteiger partial charge in [-0.3, -0.25) is 0 Å². The second-order valence-electron chi connectivity index (χ2n) is 4.65. The highest BCUT2D eigenvalue weighted by molar-refractivity contribution is 4.91. The highest BCUT2D eigenvalue weighted by atomic mass is 16.5. The summed E-state index contributed by atoms with van der Waals surface area (Å²) in [6, 6.07) is 0.507. The smallest absolute Gasteiger partial charge is 0.228 e. The fourth-order valence-electron chi connectivity index (χ4n) is 2.64. The van der Waals surface area contributed by atoms with Crippen LogP contribution in [0.1, 0.15) is 44.3 Å². The number of aryl methyl sites for hydroxylation is 1. The molecule has 1 unspecified atom stereocenters. The average Bonchev–Trinajstić information content (AvgIpc) is 2.88. The number of nitrogens with zero attached hydrogens (tertiary/aromatic N) is 2. The number of nitrogens with one attached hydrogen (secondary N) is 1. The van der Waals surface area contributed by atoms with E-state index in [1.54, 1.807) is 0 Å². The maximum atomic E-state index is 5.20. The lowest BCUT2D eigenvalue weighted by Gasteiger charge is -2.22. The predicted molar refractivity (Wildman–Crippen MR) is 62.2 cm³/mol. The van der Waals surface area contributed by atoms with Crippen molar-refractivity contribution >= 4 is 0 Å². The lowest BCUT2D eigenvalue weighted by Crippen LogP contribution is -2.37. The van der Waals surface area contributed by atoms with Gasteiger partial charge in [-0.25, -0.2) is 0 Å². The maximum absolute atomic E-state index is 5.20. The van der Waals surface area contributed by atoms with Crippen LogP contribution in [0.2, 0.25) is 0 Å². The maximum Gasteiger partial charge on any atom is 0.228 e. The number of likely N-dealkylation sites (N-methyl/N-ethyl adjacent to an activating group) is 1. The van der Waals surface area contributed by atoms with Gasteiger partial charge in [-0.2, -0.15) is 4.98 Å². The summed E-state index contributed by atoms with van der Waals surface area (Å²) in [6.45, 7) is 5.03. The molecule has 0 saturated heterocycles. The third-order valence-corrected chi connectivity index (χ3v) is 3.40. The monoisotopic (exact) mass is 223 g/mol. The molecular formula is C12H21N3O. The van der Waals surface area contributed by atoms with E-state index in [4.69, 9.17) is 4.52 Å². The Hall–Kier alpha value is -0.900. The second-order valence-corrected chi connectivity index (χ2v) is 4.65. The van der Waals surface area contributed by atoms with Crippen molar-refractivity contribution in [1.82, 2.24) is 15.5 Å².